The molecule has 0 bridgehead atoms. The minimum absolute atomic E-state index is 0.107. The van der Waals surface area contributed by atoms with E-state index in [9.17, 15) is 13.2 Å². The molecule has 1 heterocycles. The zero-order chi connectivity index (χ0) is 16.9. The summed E-state index contributed by atoms with van der Waals surface area (Å²) in [5, 5.41) is 2.79. The number of rotatable bonds is 7. The Morgan fingerprint density at radius 2 is 1.96 bits per heavy atom. The molecule has 0 aliphatic carbocycles. The summed E-state index contributed by atoms with van der Waals surface area (Å²) >= 11 is 0. The molecule has 0 atom stereocenters. The van der Waals surface area contributed by atoms with E-state index in [0.29, 0.717) is 12.1 Å². The van der Waals surface area contributed by atoms with E-state index in [4.69, 9.17) is 0 Å². The molecule has 1 aliphatic rings. The normalized spacial score (nSPS) is 17.1. The molecule has 1 aromatic carbocycles. The van der Waals surface area contributed by atoms with E-state index >= 15 is 0 Å². The van der Waals surface area contributed by atoms with Gasteiger partial charge in [0.25, 0.3) is 10.0 Å². The molecular formula is C15H22N4O3S. The molecule has 1 aliphatic heterocycles. The van der Waals surface area contributed by atoms with Gasteiger partial charge in [0.05, 0.1) is 4.90 Å². The summed E-state index contributed by atoms with van der Waals surface area (Å²) in [6.45, 7) is 7.24. The second kappa shape index (κ2) is 7.56. The van der Waals surface area contributed by atoms with Crippen molar-refractivity contribution in [3.05, 3.63) is 29.8 Å². The van der Waals surface area contributed by atoms with Gasteiger partial charge in [0, 0.05) is 18.7 Å². The van der Waals surface area contributed by atoms with Gasteiger partial charge < -0.3 is 10.2 Å². The number of amidine groups is 1. The van der Waals surface area contributed by atoms with Gasteiger partial charge in [0.1, 0.15) is 12.4 Å². The molecule has 1 aromatic rings. The van der Waals surface area contributed by atoms with Crippen molar-refractivity contribution in [2.45, 2.75) is 18.7 Å². The van der Waals surface area contributed by atoms with Crippen molar-refractivity contribution in [1.29, 1.82) is 0 Å². The third kappa shape index (κ3) is 4.29. The van der Waals surface area contributed by atoms with E-state index in [-0.39, 0.29) is 23.2 Å². The Balaban J connectivity index is 1.93. The molecule has 126 valence electrons. The molecule has 8 heteroatoms. The summed E-state index contributed by atoms with van der Waals surface area (Å²) < 4.78 is 26.2. The third-order valence-electron chi connectivity index (χ3n) is 3.69. The van der Waals surface area contributed by atoms with Crippen molar-refractivity contribution in [1.82, 2.24) is 14.9 Å². The van der Waals surface area contributed by atoms with Gasteiger partial charge in [-0.25, -0.2) is 8.42 Å². The molecule has 7 nitrogen and oxygen atoms in total. The van der Waals surface area contributed by atoms with E-state index in [1.807, 2.05) is 0 Å². The van der Waals surface area contributed by atoms with E-state index in [2.05, 4.69) is 33.8 Å². The van der Waals surface area contributed by atoms with E-state index in [1.54, 1.807) is 18.2 Å². The number of aliphatic imine (C=N–C) groups is 1. The van der Waals surface area contributed by atoms with Crippen molar-refractivity contribution in [2.75, 3.05) is 32.7 Å². The van der Waals surface area contributed by atoms with Crippen LogP contribution in [0.1, 0.15) is 19.4 Å². The highest BCUT2D eigenvalue weighted by molar-refractivity contribution is 7.90. The minimum Gasteiger partial charge on any atom is -0.353 e. The number of nitrogens with zero attached hydrogens (tertiary/aromatic N) is 2. The van der Waals surface area contributed by atoms with Crippen molar-refractivity contribution < 1.29 is 13.2 Å². The Kier molecular flexibility index (Phi) is 5.73. The van der Waals surface area contributed by atoms with Gasteiger partial charge in [-0.2, -0.15) is 0 Å². The summed E-state index contributed by atoms with van der Waals surface area (Å²) in [6.07, 6.45) is 0. The number of hydrogen-bond acceptors (Lipinski definition) is 5. The van der Waals surface area contributed by atoms with Crippen molar-refractivity contribution in [2.24, 2.45) is 4.99 Å². The van der Waals surface area contributed by atoms with Crippen LogP contribution in [-0.2, 0) is 14.8 Å². The third-order valence-corrected chi connectivity index (χ3v) is 5.09. The van der Waals surface area contributed by atoms with Crippen LogP contribution < -0.4 is 10.0 Å². The fraction of sp³-hybridized carbons (Fsp3) is 0.467. The lowest BCUT2D eigenvalue weighted by molar-refractivity contribution is -0.119. The van der Waals surface area contributed by atoms with Crippen molar-refractivity contribution in [3.8, 4) is 0 Å². The summed E-state index contributed by atoms with van der Waals surface area (Å²) in [6, 6.07) is 6.58. The van der Waals surface area contributed by atoms with Gasteiger partial charge in [-0.3, -0.25) is 14.5 Å². The van der Waals surface area contributed by atoms with Crippen LogP contribution in [-0.4, -0.2) is 57.8 Å². The molecule has 0 saturated heterocycles. The molecule has 0 spiro atoms. The first kappa shape index (κ1) is 17.4. The Morgan fingerprint density at radius 3 is 2.65 bits per heavy atom. The lowest BCUT2D eigenvalue weighted by atomic mass is 10.2. The fourth-order valence-corrected chi connectivity index (χ4v) is 3.60. The SMILES string of the molecule is CCN(CC)CCNC(=O)CN=C1NS(=O)(=O)c2ccccc21. The van der Waals surface area contributed by atoms with Gasteiger partial charge in [-0.15, -0.1) is 0 Å². The number of fused-ring (bicyclic) bond motifs is 1. The van der Waals surface area contributed by atoms with Crippen LogP contribution in [0.25, 0.3) is 0 Å². The zero-order valence-electron chi connectivity index (χ0n) is 13.4. The molecule has 0 fully saturated rings. The summed E-state index contributed by atoms with van der Waals surface area (Å²) in [7, 11) is -3.56. The second-order valence-electron chi connectivity index (χ2n) is 5.14. The number of hydrogen-bond donors (Lipinski definition) is 2. The van der Waals surface area contributed by atoms with E-state index in [0.717, 1.165) is 19.6 Å². The largest absolute Gasteiger partial charge is 0.353 e. The van der Waals surface area contributed by atoms with Crippen LogP contribution in [0, 0.1) is 0 Å². The standard InChI is InChI=1S/C15H22N4O3S/c1-3-19(4-2)10-9-16-14(20)11-17-15-12-7-5-6-8-13(12)23(21,22)18-15/h5-8H,3-4,9-11H2,1-2H3,(H,16,20)(H,17,18). The van der Waals surface area contributed by atoms with Crippen LogP contribution in [0.15, 0.2) is 34.2 Å². The molecule has 23 heavy (non-hydrogen) atoms. The van der Waals surface area contributed by atoms with Crippen LogP contribution in [0.4, 0.5) is 0 Å². The Hall–Kier alpha value is -1.93. The molecule has 2 rings (SSSR count). The Bertz CT molecular complexity index is 696. The van der Waals surface area contributed by atoms with Crippen LogP contribution in [0.2, 0.25) is 0 Å². The number of carbonyl (C=O) groups is 1. The number of nitrogens with one attached hydrogen (secondary N) is 2. The van der Waals surface area contributed by atoms with Crippen molar-refractivity contribution >= 4 is 21.8 Å². The average Bonchev–Trinajstić information content (AvgIpc) is 2.81. The van der Waals surface area contributed by atoms with Crippen molar-refractivity contribution in [3.63, 3.8) is 0 Å². The minimum atomic E-state index is -3.56. The topological polar surface area (TPSA) is 90.9 Å². The monoisotopic (exact) mass is 338 g/mol. The highest BCUT2D eigenvalue weighted by Gasteiger charge is 2.30. The molecule has 1 amide bonds. The lowest BCUT2D eigenvalue weighted by Gasteiger charge is -2.17. The fourth-order valence-electron chi connectivity index (χ4n) is 2.35. The summed E-state index contributed by atoms with van der Waals surface area (Å²) in [5.41, 5.74) is 0.503. The highest BCUT2D eigenvalue weighted by Crippen LogP contribution is 2.21. The van der Waals surface area contributed by atoms with Gasteiger partial charge in [0.15, 0.2) is 0 Å². The summed E-state index contributed by atoms with van der Waals surface area (Å²) in [4.78, 5) is 18.3. The Morgan fingerprint density at radius 1 is 1.26 bits per heavy atom. The van der Waals surface area contributed by atoms with Gasteiger partial charge in [-0.05, 0) is 25.2 Å². The maximum Gasteiger partial charge on any atom is 0.263 e. The second-order valence-corrected chi connectivity index (χ2v) is 6.79. The van der Waals surface area contributed by atoms with Crippen LogP contribution in [0.5, 0.6) is 0 Å². The zero-order valence-corrected chi connectivity index (χ0v) is 14.2. The first-order valence-electron chi connectivity index (χ1n) is 7.63. The number of amides is 1. The predicted octanol–water partition coefficient (Wildman–Crippen LogP) is 0.183. The van der Waals surface area contributed by atoms with Gasteiger partial charge >= 0.3 is 0 Å². The number of sulfonamides is 1. The van der Waals surface area contributed by atoms with Crippen LogP contribution >= 0.6 is 0 Å². The quantitative estimate of drug-likeness (QED) is 0.742. The smallest absolute Gasteiger partial charge is 0.263 e. The van der Waals surface area contributed by atoms with Crippen LogP contribution in [0.3, 0.4) is 0 Å². The number of carbonyl (C=O) groups excluding carboxylic acids is 1. The maximum absolute atomic E-state index is 11.9. The molecule has 2 N–H and O–H groups in total. The lowest BCUT2D eigenvalue weighted by Crippen LogP contribution is -2.36. The maximum atomic E-state index is 11.9. The average molecular weight is 338 g/mol. The van der Waals surface area contributed by atoms with Gasteiger partial charge in [0.2, 0.25) is 5.91 Å². The van der Waals surface area contributed by atoms with E-state index in [1.165, 1.54) is 6.07 Å². The predicted molar refractivity (Wildman–Crippen MR) is 89.0 cm³/mol. The highest BCUT2D eigenvalue weighted by atomic mass is 32.2. The molecule has 0 radical (unpaired) electrons. The molecule has 0 unspecified atom stereocenters. The molecular weight excluding hydrogens is 316 g/mol. The van der Waals surface area contributed by atoms with E-state index < -0.39 is 10.0 Å². The summed E-state index contributed by atoms with van der Waals surface area (Å²) in [5.74, 6) is -0.00673. The number of benzene rings is 1. The van der Waals surface area contributed by atoms with Gasteiger partial charge in [-0.1, -0.05) is 26.0 Å². The molecule has 0 saturated carbocycles. The first-order valence-corrected chi connectivity index (χ1v) is 9.12. The molecule has 0 aromatic heterocycles. The number of likely N-dealkylation sites (N-methyl/N-ethyl adjacent to an activating group) is 1. The Labute approximate surface area is 136 Å². The first-order chi connectivity index (χ1) is 11.0.